The lowest BCUT2D eigenvalue weighted by Gasteiger charge is -2.13. The number of hydrogen-bond acceptors (Lipinski definition) is 4. The van der Waals surface area contributed by atoms with Crippen LogP contribution in [0.4, 0.5) is 5.69 Å². The van der Waals surface area contributed by atoms with E-state index in [1.54, 1.807) is 18.2 Å². The Kier molecular flexibility index (Phi) is 6.03. The van der Waals surface area contributed by atoms with Gasteiger partial charge in [-0.15, -0.1) is 0 Å². The second-order valence-electron chi connectivity index (χ2n) is 7.13. The predicted octanol–water partition coefficient (Wildman–Crippen LogP) is 7.04. The van der Waals surface area contributed by atoms with Crippen LogP contribution in [-0.2, 0) is 6.42 Å². The minimum Gasteiger partial charge on any atom is -0.496 e. The highest BCUT2D eigenvalue weighted by Crippen LogP contribution is 2.33. The summed E-state index contributed by atoms with van der Waals surface area (Å²) in [7, 11) is 1.54. The number of ether oxygens (including phenoxy) is 1. The van der Waals surface area contributed by atoms with E-state index in [9.17, 15) is 4.79 Å². The molecule has 0 saturated heterocycles. The summed E-state index contributed by atoms with van der Waals surface area (Å²) in [5.41, 5.74) is 5.12. The normalized spacial score (nSPS) is 11.0. The molecular weight excluding hydrogens is 480 g/mol. The summed E-state index contributed by atoms with van der Waals surface area (Å²) in [6, 6.07) is 14.8. The van der Waals surface area contributed by atoms with Gasteiger partial charge in [-0.05, 0) is 66.9 Å². The molecule has 5 nitrogen and oxygen atoms in total. The van der Waals surface area contributed by atoms with Crippen LogP contribution in [0, 0.1) is 6.92 Å². The van der Waals surface area contributed by atoms with Gasteiger partial charge in [-0.1, -0.05) is 40.5 Å². The SMILES string of the molecule is CCc1ccc2oc(-c3ccc(Cl)c(NC(=O)c4cc(Br)cc(C)c4OC)c3)nc2c1. The monoisotopic (exact) mass is 498 g/mol. The van der Waals surface area contributed by atoms with Crippen LogP contribution in [-0.4, -0.2) is 18.0 Å². The number of hydrogen-bond donors (Lipinski definition) is 1. The molecule has 1 heterocycles. The molecular formula is C24H20BrClN2O3. The Morgan fingerprint density at radius 2 is 2.00 bits per heavy atom. The van der Waals surface area contributed by atoms with Crippen molar-refractivity contribution in [1.82, 2.24) is 4.98 Å². The fraction of sp³-hybridized carbons (Fsp3) is 0.167. The molecule has 0 radical (unpaired) electrons. The molecule has 1 amide bonds. The Morgan fingerprint density at radius 1 is 1.19 bits per heavy atom. The van der Waals surface area contributed by atoms with Crippen LogP contribution in [0.2, 0.25) is 5.02 Å². The number of aryl methyl sites for hydroxylation is 2. The Balaban J connectivity index is 1.68. The molecule has 0 bridgehead atoms. The molecule has 0 spiro atoms. The molecule has 0 aliphatic rings. The van der Waals surface area contributed by atoms with Gasteiger partial charge >= 0.3 is 0 Å². The van der Waals surface area contributed by atoms with Gasteiger partial charge in [0, 0.05) is 10.0 Å². The van der Waals surface area contributed by atoms with E-state index in [2.05, 4.69) is 33.2 Å². The second-order valence-corrected chi connectivity index (χ2v) is 8.45. The number of nitrogens with zero attached hydrogens (tertiary/aromatic N) is 1. The van der Waals surface area contributed by atoms with E-state index in [1.165, 1.54) is 12.7 Å². The Labute approximate surface area is 193 Å². The summed E-state index contributed by atoms with van der Waals surface area (Å²) < 4.78 is 12.1. The molecule has 0 saturated carbocycles. The predicted molar refractivity (Wildman–Crippen MR) is 127 cm³/mol. The number of oxazole rings is 1. The summed E-state index contributed by atoms with van der Waals surface area (Å²) in [6.07, 6.45) is 0.924. The first-order valence-corrected chi connectivity index (χ1v) is 10.9. The van der Waals surface area contributed by atoms with Crippen LogP contribution in [0.5, 0.6) is 5.75 Å². The van der Waals surface area contributed by atoms with Crippen molar-refractivity contribution in [2.45, 2.75) is 20.3 Å². The Morgan fingerprint density at radius 3 is 2.74 bits per heavy atom. The van der Waals surface area contributed by atoms with E-state index in [0.717, 1.165) is 22.0 Å². The molecule has 0 unspecified atom stereocenters. The van der Waals surface area contributed by atoms with Gasteiger partial charge in [-0.25, -0.2) is 4.98 Å². The van der Waals surface area contributed by atoms with Crippen molar-refractivity contribution in [3.63, 3.8) is 0 Å². The number of anilines is 1. The van der Waals surface area contributed by atoms with Crippen molar-refractivity contribution in [3.8, 4) is 17.2 Å². The van der Waals surface area contributed by atoms with Crippen LogP contribution in [0.1, 0.15) is 28.4 Å². The summed E-state index contributed by atoms with van der Waals surface area (Å²) in [5, 5.41) is 3.29. The van der Waals surface area contributed by atoms with Crippen LogP contribution in [0.3, 0.4) is 0 Å². The zero-order valence-electron chi connectivity index (χ0n) is 17.3. The third kappa shape index (κ3) is 4.31. The highest BCUT2D eigenvalue weighted by Gasteiger charge is 2.18. The highest BCUT2D eigenvalue weighted by atomic mass is 79.9. The van der Waals surface area contributed by atoms with Crippen molar-refractivity contribution in [3.05, 3.63) is 74.7 Å². The van der Waals surface area contributed by atoms with E-state index in [-0.39, 0.29) is 5.91 Å². The van der Waals surface area contributed by atoms with Gasteiger partial charge in [0.1, 0.15) is 11.3 Å². The van der Waals surface area contributed by atoms with E-state index in [1.807, 2.05) is 37.3 Å². The number of nitrogens with one attached hydrogen (secondary N) is 1. The number of benzene rings is 3. The maximum atomic E-state index is 13.0. The topological polar surface area (TPSA) is 64.4 Å². The largest absolute Gasteiger partial charge is 0.496 e. The highest BCUT2D eigenvalue weighted by molar-refractivity contribution is 9.10. The summed E-state index contributed by atoms with van der Waals surface area (Å²) >= 11 is 9.79. The molecule has 7 heteroatoms. The molecule has 4 aromatic rings. The minimum atomic E-state index is -0.328. The van der Waals surface area contributed by atoms with Gasteiger partial charge < -0.3 is 14.5 Å². The third-order valence-corrected chi connectivity index (χ3v) is 5.80. The fourth-order valence-electron chi connectivity index (χ4n) is 3.43. The number of amides is 1. The smallest absolute Gasteiger partial charge is 0.259 e. The quantitative estimate of drug-likeness (QED) is 0.320. The zero-order chi connectivity index (χ0) is 22.1. The molecule has 0 fully saturated rings. The summed E-state index contributed by atoms with van der Waals surface area (Å²) in [4.78, 5) is 17.6. The van der Waals surface area contributed by atoms with Gasteiger partial charge in [0.25, 0.3) is 5.91 Å². The number of aromatic nitrogens is 1. The Bertz CT molecular complexity index is 1300. The molecule has 1 aromatic heterocycles. The van der Waals surface area contributed by atoms with E-state index < -0.39 is 0 Å². The molecule has 1 N–H and O–H groups in total. The van der Waals surface area contributed by atoms with Gasteiger partial charge in [-0.2, -0.15) is 0 Å². The Hall–Kier alpha value is -2.83. The second kappa shape index (κ2) is 8.73. The molecule has 0 aliphatic carbocycles. The van der Waals surface area contributed by atoms with Gasteiger partial charge in [-0.3, -0.25) is 4.79 Å². The molecule has 31 heavy (non-hydrogen) atoms. The molecule has 158 valence electrons. The van der Waals surface area contributed by atoms with Crippen LogP contribution < -0.4 is 10.1 Å². The van der Waals surface area contributed by atoms with Crippen LogP contribution >= 0.6 is 27.5 Å². The van der Waals surface area contributed by atoms with Crippen LogP contribution in [0.15, 0.2) is 57.4 Å². The maximum absolute atomic E-state index is 13.0. The van der Waals surface area contributed by atoms with Gasteiger partial charge in [0.2, 0.25) is 5.89 Å². The van der Waals surface area contributed by atoms with Crippen molar-refractivity contribution >= 4 is 50.2 Å². The number of methoxy groups -OCH3 is 1. The van der Waals surface area contributed by atoms with Gasteiger partial charge in [0.05, 0.1) is 23.4 Å². The van der Waals surface area contributed by atoms with E-state index in [0.29, 0.717) is 39.1 Å². The summed E-state index contributed by atoms with van der Waals surface area (Å²) in [5.74, 6) is 0.649. The number of carbonyl (C=O) groups is 1. The lowest BCUT2D eigenvalue weighted by molar-refractivity contribution is 0.102. The van der Waals surface area contributed by atoms with E-state index >= 15 is 0 Å². The van der Waals surface area contributed by atoms with Crippen LogP contribution in [0.25, 0.3) is 22.6 Å². The van der Waals surface area contributed by atoms with Gasteiger partial charge in [0.15, 0.2) is 5.58 Å². The van der Waals surface area contributed by atoms with Crippen molar-refractivity contribution in [1.29, 1.82) is 0 Å². The average molecular weight is 500 g/mol. The van der Waals surface area contributed by atoms with Crippen molar-refractivity contribution in [2.24, 2.45) is 0 Å². The molecule has 0 aliphatic heterocycles. The maximum Gasteiger partial charge on any atom is 0.259 e. The number of fused-ring (bicyclic) bond motifs is 1. The first kappa shape index (κ1) is 21.4. The van der Waals surface area contributed by atoms with Crippen molar-refractivity contribution < 1.29 is 13.9 Å². The first-order chi connectivity index (χ1) is 14.9. The molecule has 3 aromatic carbocycles. The number of rotatable bonds is 5. The minimum absolute atomic E-state index is 0.328. The van der Waals surface area contributed by atoms with E-state index in [4.69, 9.17) is 20.8 Å². The standard InChI is InChI=1S/C24H20BrClN2O3/c1-4-14-5-8-21-20(10-14)28-24(31-21)15-6-7-18(26)19(11-15)27-23(29)17-12-16(25)9-13(2)22(17)30-3/h5-12H,4H2,1-3H3,(H,27,29). The lowest BCUT2D eigenvalue weighted by atomic mass is 10.1. The molecule has 4 rings (SSSR count). The summed E-state index contributed by atoms with van der Waals surface area (Å²) in [6.45, 7) is 3.98. The van der Waals surface area contributed by atoms with Crippen molar-refractivity contribution in [2.75, 3.05) is 12.4 Å². The lowest BCUT2D eigenvalue weighted by Crippen LogP contribution is -2.14. The number of halogens is 2. The number of carbonyl (C=O) groups excluding carboxylic acids is 1. The first-order valence-electron chi connectivity index (χ1n) is 9.74. The zero-order valence-corrected chi connectivity index (χ0v) is 19.6. The fourth-order valence-corrected chi connectivity index (χ4v) is 4.17. The molecule has 0 atom stereocenters. The average Bonchev–Trinajstić information content (AvgIpc) is 3.18. The third-order valence-electron chi connectivity index (χ3n) is 5.01.